The Bertz CT molecular complexity index is 778. The summed E-state index contributed by atoms with van der Waals surface area (Å²) in [4.78, 5) is 28.9. The summed E-state index contributed by atoms with van der Waals surface area (Å²) in [6.07, 6.45) is 0. The Morgan fingerprint density at radius 1 is 1.43 bits per heavy atom. The van der Waals surface area contributed by atoms with Crippen LogP contribution in [-0.2, 0) is 20.8 Å². The Balaban J connectivity index is 2.54. The molecule has 23 heavy (non-hydrogen) atoms. The molecule has 0 saturated heterocycles. The lowest BCUT2D eigenvalue weighted by molar-refractivity contribution is -0.139. The van der Waals surface area contributed by atoms with Gasteiger partial charge >= 0.3 is 5.97 Å². The smallest absolute Gasteiger partial charge is 0.318 e. The summed E-state index contributed by atoms with van der Waals surface area (Å²) in [5.41, 5.74) is 0.430. The maximum absolute atomic E-state index is 12.7. The van der Waals surface area contributed by atoms with Crippen LogP contribution in [0.2, 0.25) is 0 Å². The van der Waals surface area contributed by atoms with Crippen molar-refractivity contribution in [2.24, 2.45) is 0 Å². The molecule has 1 unspecified atom stereocenters. The predicted octanol–water partition coefficient (Wildman–Crippen LogP) is 2.46. The minimum absolute atomic E-state index is 0.159. The van der Waals surface area contributed by atoms with Crippen molar-refractivity contribution >= 4 is 44.6 Å². The lowest BCUT2D eigenvalue weighted by Gasteiger charge is -2.15. The van der Waals surface area contributed by atoms with Crippen molar-refractivity contribution in [1.29, 1.82) is 0 Å². The number of thioether (sulfide) groups is 1. The second-order valence-corrected chi connectivity index (χ2v) is 7.01. The van der Waals surface area contributed by atoms with Gasteiger partial charge in [0.1, 0.15) is 5.25 Å². The summed E-state index contributed by atoms with van der Waals surface area (Å²) in [6, 6.07) is 5.34. The molecule has 0 N–H and O–H groups in total. The van der Waals surface area contributed by atoms with E-state index in [1.807, 2.05) is 6.07 Å². The molecule has 1 atom stereocenters. The largest absolute Gasteiger partial charge is 0.468 e. The van der Waals surface area contributed by atoms with Gasteiger partial charge in [-0.15, -0.1) is 0 Å². The highest BCUT2D eigenvalue weighted by Gasteiger charge is 2.19. The molecule has 8 heteroatoms. The third-order valence-electron chi connectivity index (χ3n) is 3.22. The van der Waals surface area contributed by atoms with Crippen molar-refractivity contribution in [3.8, 4) is 0 Å². The Morgan fingerprint density at radius 3 is 2.83 bits per heavy atom. The van der Waals surface area contributed by atoms with Crippen molar-refractivity contribution in [2.45, 2.75) is 23.9 Å². The number of methoxy groups -OCH3 is 2. The molecule has 2 aromatic rings. The third kappa shape index (κ3) is 4.13. The molecular formula is C15H17BrN2O4S. The first-order chi connectivity index (χ1) is 11.0. The number of carbonyl (C=O) groups excluding carboxylic acids is 1. The lowest BCUT2D eigenvalue weighted by atomic mass is 10.2. The molecule has 0 aliphatic rings. The number of fused-ring (bicyclic) bond motifs is 1. The van der Waals surface area contributed by atoms with Crippen LogP contribution in [-0.4, -0.2) is 41.6 Å². The van der Waals surface area contributed by atoms with Crippen LogP contribution in [0.25, 0.3) is 10.9 Å². The van der Waals surface area contributed by atoms with Gasteiger partial charge in [-0.05, 0) is 25.1 Å². The van der Waals surface area contributed by atoms with Crippen LogP contribution in [0.15, 0.2) is 32.6 Å². The minimum atomic E-state index is -0.464. The molecule has 0 fully saturated rings. The van der Waals surface area contributed by atoms with Crippen LogP contribution < -0.4 is 5.56 Å². The van der Waals surface area contributed by atoms with E-state index in [1.165, 1.54) is 23.4 Å². The fraction of sp³-hybridized carbons (Fsp3) is 0.400. The standard InChI is InChI=1S/C15H17BrN2O4S/c1-9(14(20)22-3)23-15-17-12-5-4-10(16)8-11(12)13(19)18(15)6-7-21-2/h4-5,8-9H,6-7H2,1-3H3. The van der Waals surface area contributed by atoms with Gasteiger partial charge in [0.15, 0.2) is 5.16 Å². The molecule has 6 nitrogen and oxygen atoms in total. The number of ether oxygens (including phenoxy) is 2. The summed E-state index contributed by atoms with van der Waals surface area (Å²) >= 11 is 4.56. The van der Waals surface area contributed by atoms with E-state index < -0.39 is 5.25 Å². The van der Waals surface area contributed by atoms with Crippen LogP contribution in [0, 0.1) is 0 Å². The topological polar surface area (TPSA) is 70.4 Å². The van der Waals surface area contributed by atoms with E-state index in [-0.39, 0.29) is 11.5 Å². The van der Waals surface area contributed by atoms with E-state index in [1.54, 1.807) is 26.2 Å². The number of esters is 1. The van der Waals surface area contributed by atoms with Gasteiger partial charge < -0.3 is 9.47 Å². The van der Waals surface area contributed by atoms with Crippen molar-refractivity contribution in [2.75, 3.05) is 20.8 Å². The molecule has 0 amide bonds. The van der Waals surface area contributed by atoms with Crippen LogP contribution in [0.1, 0.15) is 6.92 Å². The average Bonchev–Trinajstić information content (AvgIpc) is 2.54. The van der Waals surface area contributed by atoms with Gasteiger partial charge in [-0.1, -0.05) is 27.7 Å². The number of nitrogens with zero attached hydrogens (tertiary/aromatic N) is 2. The molecule has 0 bridgehead atoms. The molecule has 0 saturated carbocycles. The second kappa shape index (κ2) is 7.94. The maximum Gasteiger partial charge on any atom is 0.318 e. The van der Waals surface area contributed by atoms with Gasteiger partial charge in [0.2, 0.25) is 0 Å². The number of hydrogen-bond donors (Lipinski definition) is 0. The summed E-state index contributed by atoms with van der Waals surface area (Å²) in [5, 5.41) is 0.527. The van der Waals surface area contributed by atoms with E-state index >= 15 is 0 Å². The molecule has 0 aliphatic carbocycles. The quantitative estimate of drug-likeness (QED) is 0.421. The van der Waals surface area contributed by atoms with Gasteiger partial charge in [0.25, 0.3) is 5.56 Å². The molecule has 0 radical (unpaired) electrons. The van der Waals surface area contributed by atoms with Crippen LogP contribution in [0.4, 0.5) is 0 Å². The van der Waals surface area contributed by atoms with Crippen LogP contribution >= 0.6 is 27.7 Å². The number of benzene rings is 1. The number of halogens is 1. The molecular weight excluding hydrogens is 384 g/mol. The minimum Gasteiger partial charge on any atom is -0.468 e. The number of carbonyl (C=O) groups is 1. The highest BCUT2D eigenvalue weighted by molar-refractivity contribution is 9.10. The summed E-state index contributed by atoms with van der Waals surface area (Å²) in [5.74, 6) is -0.363. The molecule has 0 spiro atoms. The molecule has 1 heterocycles. The summed E-state index contributed by atoms with van der Waals surface area (Å²) in [7, 11) is 2.91. The average molecular weight is 401 g/mol. The van der Waals surface area contributed by atoms with Crippen LogP contribution in [0.3, 0.4) is 0 Å². The number of rotatable bonds is 6. The van der Waals surface area contributed by atoms with E-state index in [9.17, 15) is 9.59 Å². The molecule has 0 aliphatic heterocycles. The fourth-order valence-corrected chi connectivity index (χ4v) is 3.34. The highest BCUT2D eigenvalue weighted by Crippen LogP contribution is 2.24. The lowest BCUT2D eigenvalue weighted by Crippen LogP contribution is -2.26. The van der Waals surface area contributed by atoms with Crippen molar-refractivity contribution in [1.82, 2.24) is 9.55 Å². The first-order valence-corrected chi connectivity index (χ1v) is 8.58. The molecule has 1 aromatic carbocycles. The number of aromatic nitrogens is 2. The van der Waals surface area contributed by atoms with Gasteiger partial charge in [-0.3, -0.25) is 14.2 Å². The van der Waals surface area contributed by atoms with Gasteiger partial charge in [0.05, 0.1) is 31.2 Å². The summed E-state index contributed by atoms with van der Waals surface area (Å²) < 4.78 is 12.1. The Labute approximate surface area is 146 Å². The van der Waals surface area contributed by atoms with E-state index in [0.29, 0.717) is 29.2 Å². The first kappa shape index (κ1) is 18.0. The zero-order valence-corrected chi connectivity index (χ0v) is 15.4. The highest BCUT2D eigenvalue weighted by atomic mass is 79.9. The summed E-state index contributed by atoms with van der Waals surface area (Å²) in [6.45, 7) is 2.46. The van der Waals surface area contributed by atoms with Crippen molar-refractivity contribution in [3.63, 3.8) is 0 Å². The van der Waals surface area contributed by atoms with Crippen molar-refractivity contribution < 1.29 is 14.3 Å². The Kier molecular flexibility index (Phi) is 6.20. The number of hydrogen-bond acceptors (Lipinski definition) is 6. The molecule has 124 valence electrons. The fourth-order valence-electron chi connectivity index (χ4n) is 2.01. The SMILES string of the molecule is COCCn1c(SC(C)C(=O)OC)nc2ccc(Br)cc2c1=O. The normalized spacial score (nSPS) is 12.3. The monoisotopic (exact) mass is 400 g/mol. The maximum atomic E-state index is 12.7. The Morgan fingerprint density at radius 2 is 2.17 bits per heavy atom. The van der Waals surface area contributed by atoms with Crippen molar-refractivity contribution in [3.05, 3.63) is 33.0 Å². The van der Waals surface area contributed by atoms with Gasteiger partial charge in [-0.2, -0.15) is 0 Å². The van der Waals surface area contributed by atoms with E-state index in [0.717, 1.165) is 4.47 Å². The Hall–Kier alpha value is -1.38. The molecule has 2 rings (SSSR count). The second-order valence-electron chi connectivity index (χ2n) is 4.79. The van der Waals surface area contributed by atoms with Crippen LogP contribution in [0.5, 0.6) is 0 Å². The predicted molar refractivity (Wildman–Crippen MR) is 92.9 cm³/mol. The third-order valence-corrected chi connectivity index (χ3v) is 4.78. The van der Waals surface area contributed by atoms with E-state index in [2.05, 4.69) is 20.9 Å². The van der Waals surface area contributed by atoms with Gasteiger partial charge in [-0.25, -0.2) is 4.98 Å². The zero-order chi connectivity index (χ0) is 17.0. The molecule has 1 aromatic heterocycles. The van der Waals surface area contributed by atoms with Gasteiger partial charge in [0, 0.05) is 11.6 Å². The first-order valence-electron chi connectivity index (χ1n) is 6.91. The van der Waals surface area contributed by atoms with E-state index in [4.69, 9.17) is 9.47 Å². The zero-order valence-electron chi connectivity index (χ0n) is 13.0.